The average Bonchev–Trinajstić information content (AvgIpc) is 2.36. The van der Waals surface area contributed by atoms with Crippen molar-refractivity contribution in [3.05, 3.63) is 23.8 Å². The van der Waals surface area contributed by atoms with Crippen molar-refractivity contribution < 1.29 is 20.1 Å². The molecule has 19 heavy (non-hydrogen) atoms. The number of carbonyl (C=O) groups is 1. The normalized spacial score (nSPS) is 24.3. The van der Waals surface area contributed by atoms with Crippen molar-refractivity contribution in [2.75, 3.05) is 6.54 Å². The third kappa shape index (κ3) is 3.17. The number of carboxylic acids is 1. The predicted octanol–water partition coefficient (Wildman–Crippen LogP) is 1.78. The molecule has 3 N–H and O–H groups in total. The van der Waals surface area contributed by atoms with Crippen LogP contribution in [0.2, 0.25) is 0 Å². The number of carboxylic acid groups (broad SMARTS) is 1. The lowest BCUT2D eigenvalue weighted by Crippen LogP contribution is -2.42. The second-order valence-corrected chi connectivity index (χ2v) is 5.20. The third-order valence-electron chi connectivity index (χ3n) is 3.79. The molecule has 2 rings (SSSR count). The maximum absolute atomic E-state index is 11.0. The van der Waals surface area contributed by atoms with Gasteiger partial charge in [0.1, 0.15) is 0 Å². The summed E-state index contributed by atoms with van der Waals surface area (Å²) in [6.45, 7) is 3.41. The number of nitrogens with zero attached hydrogens (tertiary/aromatic N) is 1. The van der Waals surface area contributed by atoms with Gasteiger partial charge in [-0.3, -0.25) is 9.69 Å². The number of hydrogen-bond acceptors (Lipinski definition) is 4. The van der Waals surface area contributed by atoms with Gasteiger partial charge >= 0.3 is 5.97 Å². The summed E-state index contributed by atoms with van der Waals surface area (Å²) in [6.07, 6.45) is 1.31. The Hall–Kier alpha value is -1.75. The molecule has 1 fully saturated rings. The second kappa shape index (κ2) is 5.48. The molecule has 0 aromatic heterocycles. The summed E-state index contributed by atoms with van der Waals surface area (Å²) in [5.41, 5.74) is 0.913. The Bertz CT molecular complexity index is 475. The lowest BCUT2D eigenvalue weighted by atomic mass is 9.91. The Labute approximate surface area is 112 Å². The van der Waals surface area contributed by atoms with Gasteiger partial charge in [-0.05, 0) is 44.0 Å². The van der Waals surface area contributed by atoms with Crippen LogP contribution in [0.5, 0.6) is 11.5 Å². The molecule has 1 saturated heterocycles. The van der Waals surface area contributed by atoms with Crippen LogP contribution < -0.4 is 0 Å². The third-order valence-corrected chi connectivity index (χ3v) is 3.79. The molecule has 0 aliphatic carbocycles. The molecular weight excluding hydrogens is 246 g/mol. The fraction of sp³-hybridized carbons (Fsp3) is 0.500. The van der Waals surface area contributed by atoms with Gasteiger partial charge in [0, 0.05) is 12.6 Å². The number of benzene rings is 1. The minimum Gasteiger partial charge on any atom is -0.504 e. The molecule has 5 nitrogen and oxygen atoms in total. The number of rotatable bonds is 3. The Kier molecular flexibility index (Phi) is 3.95. The molecule has 1 heterocycles. The first-order valence-electron chi connectivity index (χ1n) is 6.45. The van der Waals surface area contributed by atoms with E-state index in [9.17, 15) is 15.0 Å². The highest BCUT2D eigenvalue weighted by Gasteiger charge is 2.29. The standard InChI is InChI=1S/C14H19NO4/c1-9-6-11(14(18)19)4-5-15(9)8-10-2-3-12(16)13(17)7-10/h2-3,7,9,11,16-17H,4-6,8H2,1H3,(H,18,19). The lowest BCUT2D eigenvalue weighted by Gasteiger charge is -2.36. The molecule has 2 unspecified atom stereocenters. The largest absolute Gasteiger partial charge is 0.504 e. The Balaban J connectivity index is 2.00. The van der Waals surface area contributed by atoms with E-state index in [4.69, 9.17) is 5.11 Å². The number of hydrogen-bond donors (Lipinski definition) is 3. The average molecular weight is 265 g/mol. The van der Waals surface area contributed by atoms with Crippen LogP contribution in [0, 0.1) is 5.92 Å². The van der Waals surface area contributed by atoms with E-state index in [1.54, 1.807) is 12.1 Å². The first kappa shape index (κ1) is 13.7. The second-order valence-electron chi connectivity index (χ2n) is 5.20. The van der Waals surface area contributed by atoms with Gasteiger partial charge in [-0.25, -0.2) is 0 Å². The number of phenols is 2. The molecule has 0 saturated carbocycles. The number of piperidine rings is 1. The molecule has 1 aliphatic heterocycles. The van der Waals surface area contributed by atoms with Crippen LogP contribution in [0.15, 0.2) is 18.2 Å². The summed E-state index contributed by atoms with van der Waals surface area (Å²) in [4.78, 5) is 13.2. The van der Waals surface area contributed by atoms with Crippen molar-refractivity contribution in [3.8, 4) is 11.5 Å². The minimum atomic E-state index is -0.714. The van der Waals surface area contributed by atoms with E-state index in [0.717, 1.165) is 12.1 Å². The van der Waals surface area contributed by atoms with Crippen molar-refractivity contribution in [2.45, 2.75) is 32.4 Å². The summed E-state index contributed by atoms with van der Waals surface area (Å²) < 4.78 is 0. The van der Waals surface area contributed by atoms with Crippen molar-refractivity contribution in [1.29, 1.82) is 0 Å². The number of likely N-dealkylation sites (tertiary alicyclic amines) is 1. The number of aliphatic carboxylic acids is 1. The molecule has 0 spiro atoms. The zero-order valence-corrected chi connectivity index (χ0v) is 10.9. The molecule has 1 aromatic carbocycles. The zero-order valence-electron chi connectivity index (χ0n) is 10.9. The highest BCUT2D eigenvalue weighted by atomic mass is 16.4. The maximum atomic E-state index is 11.0. The Morgan fingerprint density at radius 1 is 1.37 bits per heavy atom. The topological polar surface area (TPSA) is 81.0 Å². The van der Waals surface area contributed by atoms with Crippen LogP contribution >= 0.6 is 0 Å². The van der Waals surface area contributed by atoms with Gasteiger partial charge in [0.25, 0.3) is 0 Å². The molecule has 0 bridgehead atoms. The van der Waals surface area contributed by atoms with E-state index >= 15 is 0 Å². The molecular formula is C14H19NO4. The van der Waals surface area contributed by atoms with E-state index in [1.165, 1.54) is 6.07 Å². The molecule has 1 aromatic rings. The van der Waals surface area contributed by atoms with E-state index in [1.807, 2.05) is 6.92 Å². The summed E-state index contributed by atoms with van der Waals surface area (Å²) in [5, 5.41) is 27.8. The summed E-state index contributed by atoms with van der Waals surface area (Å²) in [6, 6.07) is 4.99. The number of aromatic hydroxyl groups is 2. The zero-order chi connectivity index (χ0) is 14.0. The highest BCUT2D eigenvalue weighted by Crippen LogP contribution is 2.28. The molecule has 5 heteroatoms. The van der Waals surface area contributed by atoms with Gasteiger partial charge in [0.05, 0.1) is 5.92 Å². The highest BCUT2D eigenvalue weighted by molar-refractivity contribution is 5.70. The minimum absolute atomic E-state index is 0.120. The summed E-state index contributed by atoms with van der Waals surface area (Å²) in [5.74, 6) is -1.21. The molecule has 0 amide bonds. The summed E-state index contributed by atoms with van der Waals surface area (Å²) >= 11 is 0. The van der Waals surface area contributed by atoms with Crippen LogP contribution in [0.1, 0.15) is 25.3 Å². The van der Waals surface area contributed by atoms with Gasteiger partial charge < -0.3 is 15.3 Å². The van der Waals surface area contributed by atoms with Crippen LogP contribution in [-0.2, 0) is 11.3 Å². The van der Waals surface area contributed by atoms with Crippen molar-refractivity contribution in [1.82, 2.24) is 4.90 Å². The van der Waals surface area contributed by atoms with Crippen LogP contribution in [0.25, 0.3) is 0 Å². The van der Waals surface area contributed by atoms with Crippen LogP contribution in [0.4, 0.5) is 0 Å². The fourth-order valence-electron chi connectivity index (χ4n) is 2.58. The van der Waals surface area contributed by atoms with E-state index in [0.29, 0.717) is 19.4 Å². The lowest BCUT2D eigenvalue weighted by molar-refractivity contribution is -0.144. The molecule has 104 valence electrons. The van der Waals surface area contributed by atoms with Crippen LogP contribution in [-0.4, -0.2) is 38.8 Å². The smallest absolute Gasteiger partial charge is 0.306 e. The fourth-order valence-corrected chi connectivity index (χ4v) is 2.58. The van der Waals surface area contributed by atoms with Gasteiger partial charge in [-0.2, -0.15) is 0 Å². The number of phenolic OH excluding ortho intramolecular Hbond substituents is 2. The van der Waals surface area contributed by atoms with E-state index in [-0.39, 0.29) is 23.5 Å². The monoisotopic (exact) mass is 265 g/mol. The van der Waals surface area contributed by atoms with Gasteiger partial charge in [0.15, 0.2) is 11.5 Å². The molecule has 1 aliphatic rings. The molecule has 0 radical (unpaired) electrons. The Morgan fingerprint density at radius 3 is 2.68 bits per heavy atom. The maximum Gasteiger partial charge on any atom is 0.306 e. The van der Waals surface area contributed by atoms with Crippen molar-refractivity contribution in [3.63, 3.8) is 0 Å². The summed E-state index contributed by atoms with van der Waals surface area (Å²) in [7, 11) is 0. The van der Waals surface area contributed by atoms with Gasteiger partial charge in [0.2, 0.25) is 0 Å². The van der Waals surface area contributed by atoms with Crippen LogP contribution in [0.3, 0.4) is 0 Å². The van der Waals surface area contributed by atoms with Crippen molar-refractivity contribution in [2.24, 2.45) is 5.92 Å². The van der Waals surface area contributed by atoms with Crippen molar-refractivity contribution >= 4 is 5.97 Å². The van der Waals surface area contributed by atoms with E-state index < -0.39 is 5.97 Å². The SMILES string of the molecule is CC1CC(C(=O)O)CCN1Cc1ccc(O)c(O)c1. The molecule has 2 atom stereocenters. The predicted molar refractivity (Wildman–Crippen MR) is 70.0 cm³/mol. The first-order valence-corrected chi connectivity index (χ1v) is 6.45. The Morgan fingerprint density at radius 2 is 2.11 bits per heavy atom. The van der Waals surface area contributed by atoms with Gasteiger partial charge in [-0.1, -0.05) is 6.07 Å². The van der Waals surface area contributed by atoms with E-state index in [2.05, 4.69) is 4.90 Å². The quantitative estimate of drug-likeness (QED) is 0.726. The van der Waals surface area contributed by atoms with Gasteiger partial charge in [-0.15, -0.1) is 0 Å². The first-order chi connectivity index (χ1) is 8.97.